The number of ether oxygens (including phenoxy) is 2. The maximum absolute atomic E-state index is 13.7. The highest BCUT2D eigenvalue weighted by Crippen LogP contribution is 2.30. The first-order chi connectivity index (χ1) is 12.1. The third-order valence-corrected chi connectivity index (χ3v) is 4.45. The summed E-state index contributed by atoms with van der Waals surface area (Å²) in [5, 5.41) is 0. The van der Waals surface area contributed by atoms with Gasteiger partial charge in [-0.05, 0) is 29.7 Å². The van der Waals surface area contributed by atoms with Crippen LogP contribution in [0, 0.1) is 17.6 Å². The Morgan fingerprint density at radius 1 is 0.960 bits per heavy atom. The van der Waals surface area contributed by atoms with Crippen molar-refractivity contribution in [2.24, 2.45) is 5.92 Å². The largest absolute Gasteiger partial charge is 0.348 e. The van der Waals surface area contributed by atoms with Gasteiger partial charge in [-0.25, -0.2) is 13.2 Å². The van der Waals surface area contributed by atoms with E-state index < -0.39 is 30.2 Å². The van der Waals surface area contributed by atoms with Crippen molar-refractivity contribution in [2.75, 3.05) is 13.2 Å². The second-order valence-corrected chi connectivity index (χ2v) is 6.33. The molecule has 0 radical (unpaired) electrons. The van der Waals surface area contributed by atoms with Crippen molar-refractivity contribution >= 4 is 0 Å². The van der Waals surface area contributed by atoms with E-state index in [2.05, 4.69) is 6.92 Å². The maximum atomic E-state index is 13.7. The van der Waals surface area contributed by atoms with Crippen LogP contribution in [0.2, 0.25) is 0 Å². The Hall–Kier alpha value is -1.85. The maximum Gasteiger partial charge on any atom is 0.183 e. The van der Waals surface area contributed by atoms with Crippen molar-refractivity contribution in [1.82, 2.24) is 0 Å². The van der Waals surface area contributed by atoms with E-state index in [0.29, 0.717) is 30.3 Å². The van der Waals surface area contributed by atoms with E-state index in [1.807, 2.05) is 12.1 Å². The normalized spacial score (nSPS) is 20.6. The number of benzene rings is 2. The minimum atomic E-state index is -1.16. The standard InChI is InChI=1S/C20H21F3O2/c1-2-3-13-11-24-20(25-12-13)15-6-4-14(5-7-15)16-8-18(22)17(10-21)19(23)9-16/h4-9,13,20H,2-3,10-12H2,1H3. The molecular formula is C20H21F3O2. The molecule has 0 N–H and O–H groups in total. The van der Waals surface area contributed by atoms with Gasteiger partial charge < -0.3 is 9.47 Å². The second kappa shape index (κ2) is 8.02. The molecule has 0 unspecified atom stereocenters. The lowest BCUT2D eigenvalue weighted by atomic mass is 10.0. The molecule has 0 aliphatic carbocycles. The molecule has 2 aromatic rings. The summed E-state index contributed by atoms with van der Waals surface area (Å²) in [6.07, 6.45) is 1.77. The molecule has 3 rings (SSSR count). The lowest BCUT2D eigenvalue weighted by molar-refractivity contribution is -0.206. The predicted octanol–water partition coefficient (Wildman–Crippen LogP) is 5.56. The minimum Gasteiger partial charge on any atom is -0.348 e. The van der Waals surface area contributed by atoms with Crippen LogP contribution in [0.4, 0.5) is 13.2 Å². The molecular weight excluding hydrogens is 329 g/mol. The van der Waals surface area contributed by atoms with E-state index >= 15 is 0 Å². The van der Waals surface area contributed by atoms with Gasteiger partial charge in [0.15, 0.2) is 6.29 Å². The first kappa shape index (κ1) is 18.0. The fourth-order valence-electron chi connectivity index (χ4n) is 3.04. The highest BCUT2D eigenvalue weighted by molar-refractivity contribution is 5.64. The van der Waals surface area contributed by atoms with Crippen molar-refractivity contribution < 1.29 is 22.6 Å². The molecule has 0 amide bonds. The molecule has 25 heavy (non-hydrogen) atoms. The monoisotopic (exact) mass is 350 g/mol. The SMILES string of the molecule is CCCC1COC(c2ccc(-c3cc(F)c(CF)c(F)c3)cc2)OC1. The van der Waals surface area contributed by atoms with Crippen LogP contribution in [0.3, 0.4) is 0 Å². The Morgan fingerprint density at radius 3 is 2.08 bits per heavy atom. The fraction of sp³-hybridized carbons (Fsp3) is 0.400. The molecule has 5 heteroatoms. The van der Waals surface area contributed by atoms with E-state index in [9.17, 15) is 13.2 Å². The van der Waals surface area contributed by atoms with Gasteiger partial charge in [0.2, 0.25) is 0 Å². The van der Waals surface area contributed by atoms with Crippen LogP contribution in [-0.4, -0.2) is 13.2 Å². The van der Waals surface area contributed by atoms with Gasteiger partial charge in [-0.3, -0.25) is 0 Å². The van der Waals surface area contributed by atoms with Crippen LogP contribution in [0.5, 0.6) is 0 Å². The smallest absolute Gasteiger partial charge is 0.183 e. The van der Waals surface area contributed by atoms with Crippen molar-refractivity contribution in [3.05, 3.63) is 59.2 Å². The van der Waals surface area contributed by atoms with Crippen LogP contribution in [0.25, 0.3) is 11.1 Å². The van der Waals surface area contributed by atoms with Crippen molar-refractivity contribution in [2.45, 2.75) is 32.7 Å². The number of hydrogen-bond donors (Lipinski definition) is 0. The molecule has 0 aromatic heterocycles. The number of halogens is 3. The topological polar surface area (TPSA) is 18.5 Å². The quantitative estimate of drug-likeness (QED) is 0.702. The molecule has 2 aromatic carbocycles. The first-order valence-electron chi connectivity index (χ1n) is 8.49. The zero-order valence-electron chi connectivity index (χ0n) is 14.1. The van der Waals surface area contributed by atoms with E-state index in [4.69, 9.17) is 9.47 Å². The summed E-state index contributed by atoms with van der Waals surface area (Å²) in [4.78, 5) is 0. The van der Waals surface area contributed by atoms with E-state index in [-0.39, 0.29) is 0 Å². The molecule has 0 spiro atoms. The minimum absolute atomic E-state index is 0.368. The van der Waals surface area contributed by atoms with Crippen molar-refractivity contribution in [3.63, 3.8) is 0 Å². The molecule has 1 heterocycles. The molecule has 1 fully saturated rings. The zero-order valence-corrected chi connectivity index (χ0v) is 14.1. The Labute approximate surface area is 145 Å². The van der Waals surface area contributed by atoms with Crippen LogP contribution < -0.4 is 0 Å². The molecule has 0 saturated carbocycles. The number of alkyl halides is 1. The first-order valence-corrected chi connectivity index (χ1v) is 8.49. The molecule has 2 nitrogen and oxygen atoms in total. The van der Waals surface area contributed by atoms with Gasteiger partial charge in [0.25, 0.3) is 0 Å². The Morgan fingerprint density at radius 2 is 1.56 bits per heavy atom. The van der Waals surface area contributed by atoms with Gasteiger partial charge in [0.05, 0.1) is 18.8 Å². The Bertz CT molecular complexity index is 684. The van der Waals surface area contributed by atoms with Gasteiger partial charge in [-0.1, -0.05) is 37.6 Å². The van der Waals surface area contributed by atoms with E-state index in [1.54, 1.807) is 12.1 Å². The van der Waals surface area contributed by atoms with Gasteiger partial charge in [-0.2, -0.15) is 0 Å². The van der Waals surface area contributed by atoms with Crippen LogP contribution >= 0.6 is 0 Å². The highest BCUT2D eigenvalue weighted by atomic mass is 19.1. The van der Waals surface area contributed by atoms with Gasteiger partial charge in [0, 0.05) is 11.5 Å². The molecule has 1 saturated heterocycles. The summed E-state index contributed by atoms with van der Waals surface area (Å²) in [5.41, 5.74) is 1.34. The van der Waals surface area contributed by atoms with E-state index in [0.717, 1.165) is 30.5 Å². The lowest BCUT2D eigenvalue weighted by Gasteiger charge is -2.29. The average Bonchev–Trinajstić information content (AvgIpc) is 2.62. The van der Waals surface area contributed by atoms with Crippen molar-refractivity contribution in [1.29, 1.82) is 0 Å². The molecule has 134 valence electrons. The lowest BCUT2D eigenvalue weighted by Crippen LogP contribution is -2.26. The number of rotatable bonds is 5. The van der Waals surface area contributed by atoms with E-state index in [1.165, 1.54) is 0 Å². The summed E-state index contributed by atoms with van der Waals surface area (Å²) < 4.78 is 51.6. The molecule has 1 aliphatic rings. The summed E-state index contributed by atoms with van der Waals surface area (Å²) >= 11 is 0. The average molecular weight is 350 g/mol. The van der Waals surface area contributed by atoms with Crippen LogP contribution in [-0.2, 0) is 16.1 Å². The Balaban J connectivity index is 1.73. The van der Waals surface area contributed by atoms with Crippen LogP contribution in [0.1, 0.15) is 37.2 Å². The molecule has 1 aliphatic heterocycles. The Kier molecular flexibility index (Phi) is 5.76. The van der Waals surface area contributed by atoms with Crippen molar-refractivity contribution in [3.8, 4) is 11.1 Å². The number of hydrogen-bond acceptors (Lipinski definition) is 2. The fourth-order valence-corrected chi connectivity index (χ4v) is 3.04. The van der Waals surface area contributed by atoms with Crippen LogP contribution in [0.15, 0.2) is 36.4 Å². The summed E-state index contributed by atoms with van der Waals surface area (Å²) in [6, 6.07) is 9.44. The second-order valence-electron chi connectivity index (χ2n) is 6.33. The summed E-state index contributed by atoms with van der Waals surface area (Å²) in [6.45, 7) is 2.31. The van der Waals surface area contributed by atoms with Gasteiger partial charge in [-0.15, -0.1) is 0 Å². The molecule has 0 bridgehead atoms. The van der Waals surface area contributed by atoms with Gasteiger partial charge in [0.1, 0.15) is 18.3 Å². The summed E-state index contributed by atoms with van der Waals surface area (Å²) in [7, 11) is 0. The highest BCUT2D eigenvalue weighted by Gasteiger charge is 2.23. The molecule has 0 atom stereocenters. The third-order valence-electron chi connectivity index (χ3n) is 4.45. The zero-order chi connectivity index (χ0) is 17.8. The summed E-state index contributed by atoms with van der Waals surface area (Å²) in [5.74, 6) is -1.31. The third kappa shape index (κ3) is 4.05. The van der Waals surface area contributed by atoms with Gasteiger partial charge >= 0.3 is 0 Å². The predicted molar refractivity (Wildman–Crippen MR) is 89.6 cm³/mol.